The fourth-order valence-electron chi connectivity index (χ4n) is 2.63. The van der Waals surface area contributed by atoms with Crippen molar-refractivity contribution in [1.82, 2.24) is 10.2 Å². The summed E-state index contributed by atoms with van der Waals surface area (Å²) in [6, 6.07) is 10.5. The lowest BCUT2D eigenvalue weighted by Gasteiger charge is -2.30. The van der Waals surface area contributed by atoms with E-state index in [9.17, 15) is 0 Å². The second-order valence-corrected chi connectivity index (χ2v) is 5.88. The molecule has 0 radical (unpaired) electrons. The van der Waals surface area contributed by atoms with Crippen molar-refractivity contribution < 1.29 is 0 Å². The summed E-state index contributed by atoms with van der Waals surface area (Å²) in [5.41, 5.74) is 1.30. The summed E-state index contributed by atoms with van der Waals surface area (Å²) in [5.74, 6) is 0.696. The third-order valence-electron chi connectivity index (χ3n) is 3.76. The van der Waals surface area contributed by atoms with Crippen molar-refractivity contribution in [1.29, 1.82) is 0 Å². The SMILES string of the molecule is C=CCNC(=S)N(Cc1ccccc1)C[C@@H]1CC=CCC1. The average molecular weight is 300 g/mol. The molecule has 0 aromatic heterocycles. The van der Waals surface area contributed by atoms with Crippen LogP contribution in [0.3, 0.4) is 0 Å². The van der Waals surface area contributed by atoms with Crippen molar-refractivity contribution in [2.75, 3.05) is 13.1 Å². The van der Waals surface area contributed by atoms with Gasteiger partial charge < -0.3 is 10.2 Å². The van der Waals surface area contributed by atoms with Crippen LogP contribution in [0.5, 0.6) is 0 Å². The van der Waals surface area contributed by atoms with Crippen LogP contribution in [0.2, 0.25) is 0 Å². The molecule has 1 aromatic carbocycles. The summed E-state index contributed by atoms with van der Waals surface area (Å²) >= 11 is 5.56. The second kappa shape index (κ2) is 8.63. The van der Waals surface area contributed by atoms with Crippen LogP contribution in [0.4, 0.5) is 0 Å². The maximum absolute atomic E-state index is 5.56. The van der Waals surface area contributed by atoms with Crippen LogP contribution in [-0.2, 0) is 6.54 Å². The van der Waals surface area contributed by atoms with Gasteiger partial charge in [-0.15, -0.1) is 6.58 Å². The Kier molecular flexibility index (Phi) is 6.48. The lowest BCUT2D eigenvalue weighted by molar-refractivity contribution is 0.313. The van der Waals surface area contributed by atoms with Crippen LogP contribution < -0.4 is 5.32 Å². The minimum atomic E-state index is 0.696. The molecule has 0 saturated carbocycles. The number of nitrogens with one attached hydrogen (secondary N) is 1. The topological polar surface area (TPSA) is 15.3 Å². The lowest BCUT2D eigenvalue weighted by Crippen LogP contribution is -2.42. The van der Waals surface area contributed by atoms with Gasteiger partial charge in [-0.1, -0.05) is 48.6 Å². The molecule has 0 fully saturated rings. The Morgan fingerprint density at radius 1 is 1.33 bits per heavy atom. The largest absolute Gasteiger partial charge is 0.359 e. The zero-order valence-corrected chi connectivity index (χ0v) is 13.3. The number of allylic oxidation sites excluding steroid dienone is 2. The summed E-state index contributed by atoms with van der Waals surface area (Å²) < 4.78 is 0. The number of nitrogens with zero attached hydrogens (tertiary/aromatic N) is 1. The predicted molar refractivity (Wildman–Crippen MR) is 94.1 cm³/mol. The van der Waals surface area contributed by atoms with Crippen LogP contribution in [0.25, 0.3) is 0 Å². The molecule has 3 heteroatoms. The molecule has 0 aliphatic heterocycles. The van der Waals surface area contributed by atoms with E-state index in [0.717, 1.165) is 24.6 Å². The number of hydrogen-bond acceptors (Lipinski definition) is 1. The smallest absolute Gasteiger partial charge is 0.169 e. The van der Waals surface area contributed by atoms with Gasteiger partial charge in [0.15, 0.2) is 5.11 Å². The van der Waals surface area contributed by atoms with E-state index in [1.165, 1.54) is 18.4 Å². The highest BCUT2D eigenvalue weighted by molar-refractivity contribution is 7.80. The molecule has 2 rings (SSSR count). The Balaban J connectivity index is 2.00. The zero-order valence-electron chi connectivity index (χ0n) is 12.5. The van der Waals surface area contributed by atoms with Crippen LogP contribution in [-0.4, -0.2) is 23.1 Å². The van der Waals surface area contributed by atoms with E-state index in [1.54, 1.807) is 0 Å². The first kappa shape index (κ1) is 15.8. The maximum atomic E-state index is 5.56. The highest BCUT2D eigenvalue weighted by Crippen LogP contribution is 2.20. The van der Waals surface area contributed by atoms with Crippen molar-refractivity contribution in [3.63, 3.8) is 0 Å². The van der Waals surface area contributed by atoms with Gasteiger partial charge >= 0.3 is 0 Å². The van der Waals surface area contributed by atoms with E-state index in [0.29, 0.717) is 12.5 Å². The quantitative estimate of drug-likeness (QED) is 0.633. The van der Waals surface area contributed by atoms with Gasteiger partial charge in [-0.2, -0.15) is 0 Å². The monoisotopic (exact) mass is 300 g/mol. The summed E-state index contributed by atoms with van der Waals surface area (Å²) in [6.45, 7) is 6.34. The molecule has 0 saturated heterocycles. The third-order valence-corrected chi connectivity index (χ3v) is 4.16. The van der Waals surface area contributed by atoms with Gasteiger partial charge in [0.1, 0.15) is 0 Å². The van der Waals surface area contributed by atoms with Crippen LogP contribution in [0.15, 0.2) is 55.1 Å². The number of benzene rings is 1. The van der Waals surface area contributed by atoms with E-state index in [2.05, 4.69) is 53.2 Å². The van der Waals surface area contributed by atoms with Gasteiger partial charge in [-0.05, 0) is 43.0 Å². The van der Waals surface area contributed by atoms with E-state index in [1.807, 2.05) is 12.1 Å². The normalized spacial score (nSPS) is 17.2. The Bertz CT molecular complexity index is 481. The Morgan fingerprint density at radius 3 is 2.81 bits per heavy atom. The molecule has 1 atom stereocenters. The second-order valence-electron chi connectivity index (χ2n) is 5.49. The fourth-order valence-corrected chi connectivity index (χ4v) is 2.85. The van der Waals surface area contributed by atoms with E-state index >= 15 is 0 Å². The van der Waals surface area contributed by atoms with Gasteiger partial charge in [-0.25, -0.2) is 0 Å². The van der Waals surface area contributed by atoms with E-state index in [4.69, 9.17) is 12.2 Å². The summed E-state index contributed by atoms with van der Waals surface area (Å²) in [4.78, 5) is 2.29. The van der Waals surface area contributed by atoms with Crippen LogP contribution >= 0.6 is 12.2 Å². The summed E-state index contributed by atoms with van der Waals surface area (Å²) in [6.07, 6.45) is 10.0. The molecule has 112 valence electrons. The van der Waals surface area contributed by atoms with E-state index in [-0.39, 0.29) is 0 Å². The van der Waals surface area contributed by atoms with Crippen molar-refractivity contribution in [3.05, 3.63) is 60.7 Å². The van der Waals surface area contributed by atoms with Gasteiger partial charge in [0.05, 0.1) is 0 Å². The Hall–Kier alpha value is -1.61. The molecular weight excluding hydrogens is 276 g/mol. The molecule has 1 aliphatic carbocycles. The van der Waals surface area contributed by atoms with Crippen molar-refractivity contribution in [3.8, 4) is 0 Å². The summed E-state index contributed by atoms with van der Waals surface area (Å²) in [5, 5.41) is 4.09. The minimum Gasteiger partial charge on any atom is -0.359 e. The van der Waals surface area contributed by atoms with Crippen molar-refractivity contribution in [2.45, 2.75) is 25.8 Å². The molecule has 0 spiro atoms. The standard InChI is InChI=1S/C18H24N2S/c1-2-13-19-18(21)20(14-16-9-5-3-6-10-16)15-17-11-7-4-8-12-17/h2-7,9-10,17H,1,8,11-15H2,(H,19,21)/t17-/m1/s1. The molecule has 2 nitrogen and oxygen atoms in total. The predicted octanol–water partition coefficient (Wildman–Crippen LogP) is 3.91. The fraction of sp³-hybridized carbons (Fsp3) is 0.389. The molecule has 0 amide bonds. The first-order chi connectivity index (χ1) is 10.3. The first-order valence-electron chi connectivity index (χ1n) is 7.62. The molecule has 0 unspecified atom stereocenters. The van der Waals surface area contributed by atoms with Gasteiger partial charge in [0.2, 0.25) is 0 Å². The highest BCUT2D eigenvalue weighted by atomic mass is 32.1. The molecule has 21 heavy (non-hydrogen) atoms. The highest BCUT2D eigenvalue weighted by Gasteiger charge is 2.17. The zero-order chi connectivity index (χ0) is 14.9. The van der Waals surface area contributed by atoms with Gasteiger partial charge in [0.25, 0.3) is 0 Å². The number of hydrogen-bond donors (Lipinski definition) is 1. The average Bonchev–Trinajstić information content (AvgIpc) is 2.54. The van der Waals surface area contributed by atoms with Gasteiger partial charge in [0, 0.05) is 19.6 Å². The third kappa shape index (κ3) is 5.35. The molecule has 0 bridgehead atoms. The molecular formula is C18H24N2S. The lowest BCUT2D eigenvalue weighted by atomic mass is 9.94. The molecule has 1 aromatic rings. The first-order valence-corrected chi connectivity index (χ1v) is 8.03. The Morgan fingerprint density at radius 2 is 2.14 bits per heavy atom. The molecule has 1 aliphatic rings. The number of rotatable bonds is 6. The molecule has 0 heterocycles. The van der Waals surface area contributed by atoms with Crippen LogP contribution in [0.1, 0.15) is 24.8 Å². The molecule has 1 N–H and O–H groups in total. The van der Waals surface area contributed by atoms with Crippen molar-refractivity contribution in [2.24, 2.45) is 5.92 Å². The summed E-state index contributed by atoms with van der Waals surface area (Å²) in [7, 11) is 0. The van der Waals surface area contributed by atoms with Crippen LogP contribution in [0, 0.1) is 5.92 Å². The number of thiocarbonyl (C=S) groups is 1. The Labute approximate surface area is 133 Å². The van der Waals surface area contributed by atoms with E-state index < -0.39 is 0 Å². The maximum Gasteiger partial charge on any atom is 0.169 e. The van der Waals surface area contributed by atoms with Gasteiger partial charge in [-0.3, -0.25) is 0 Å². The van der Waals surface area contributed by atoms with Crippen molar-refractivity contribution >= 4 is 17.3 Å². The minimum absolute atomic E-state index is 0.696.